The molecular formula is C14H34IN5O2S. The maximum Gasteiger partial charge on any atom is 0.211 e. The molecule has 140 valence electrons. The molecule has 0 radical (unpaired) electrons. The highest BCUT2D eigenvalue weighted by molar-refractivity contribution is 14.0. The van der Waals surface area contributed by atoms with Gasteiger partial charge in [0.1, 0.15) is 0 Å². The first kappa shape index (κ1) is 25.1. The fourth-order valence-corrected chi connectivity index (χ4v) is 2.74. The van der Waals surface area contributed by atoms with Crippen LogP contribution in [0.3, 0.4) is 0 Å². The largest absolute Gasteiger partial charge is 0.355 e. The molecule has 0 saturated carbocycles. The molecule has 9 heteroatoms. The highest BCUT2D eigenvalue weighted by atomic mass is 127. The second-order valence-electron chi connectivity index (χ2n) is 5.65. The topological polar surface area (TPSA) is 85.8 Å². The van der Waals surface area contributed by atoms with Crippen molar-refractivity contribution in [2.24, 2.45) is 4.99 Å². The zero-order chi connectivity index (χ0) is 17.2. The summed E-state index contributed by atoms with van der Waals surface area (Å²) in [6.07, 6.45) is 0. The molecule has 0 rings (SSSR count). The van der Waals surface area contributed by atoms with E-state index < -0.39 is 10.0 Å². The third-order valence-electron chi connectivity index (χ3n) is 3.33. The highest BCUT2D eigenvalue weighted by Crippen LogP contribution is 2.03. The van der Waals surface area contributed by atoms with Crippen molar-refractivity contribution in [2.75, 3.05) is 39.0 Å². The van der Waals surface area contributed by atoms with E-state index in [4.69, 9.17) is 0 Å². The molecule has 0 saturated heterocycles. The minimum Gasteiger partial charge on any atom is -0.355 e. The number of aliphatic imine (C=N–C) groups is 1. The van der Waals surface area contributed by atoms with Crippen molar-refractivity contribution in [3.8, 4) is 0 Å². The molecule has 0 spiro atoms. The van der Waals surface area contributed by atoms with Crippen LogP contribution in [0.15, 0.2) is 4.99 Å². The maximum atomic E-state index is 11.3. The average Bonchev–Trinajstić information content (AvgIpc) is 2.44. The van der Waals surface area contributed by atoms with Crippen molar-refractivity contribution in [3.05, 3.63) is 0 Å². The van der Waals surface area contributed by atoms with Crippen LogP contribution in [0, 0.1) is 0 Å². The van der Waals surface area contributed by atoms with Crippen LogP contribution in [0.2, 0.25) is 0 Å². The molecule has 0 aromatic heterocycles. The molecule has 0 fully saturated rings. The van der Waals surface area contributed by atoms with Gasteiger partial charge in [0.15, 0.2) is 5.96 Å². The lowest BCUT2D eigenvalue weighted by atomic mass is 10.2. The third kappa shape index (κ3) is 12.0. The van der Waals surface area contributed by atoms with Crippen LogP contribution >= 0.6 is 24.0 Å². The molecule has 3 N–H and O–H groups in total. The Balaban J connectivity index is 0. The summed E-state index contributed by atoms with van der Waals surface area (Å²) in [5, 5.41) is 6.33. The van der Waals surface area contributed by atoms with E-state index in [0.29, 0.717) is 31.1 Å². The number of nitrogens with zero attached hydrogens (tertiary/aromatic N) is 2. The Hall–Kier alpha value is -0.130. The number of hydrogen-bond acceptors (Lipinski definition) is 4. The Morgan fingerprint density at radius 3 is 2.00 bits per heavy atom. The first-order valence-corrected chi connectivity index (χ1v) is 9.56. The minimum atomic E-state index is -3.13. The second kappa shape index (κ2) is 13.2. The molecular weight excluding hydrogens is 429 g/mol. The summed E-state index contributed by atoms with van der Waals surface area (Å²) >= 11 is 0. The van der Waals surface area contributed by atoms with Gasteiger partial charge in [-0.15, -0.1) is 24.0 Å². The van der Waals surface area contributed by atoms with Crippen LogP contribution in [0.5, 0.6) is 0 Å². The second-order valence-corrected chi connectivity index (χ2v) is 7.74. The van der Waals surface area contributed by atoms with Crippen LogP contribution in [0.4, 0.5) is 0 Å². The summed E-state index contributed by atoms with van der Waals surface area (Å²) in [5.74, 6) is 0.781. The average molecular weight is 463 g/mol. The van der Waals surface area contributed by atoms with Gasteiger partial charge in [0, 0.05) is 45.3 Å². The molecule has 23 heavy (non-hydrogen) atoms. The number of hydrogen-bond donors (Lipinski definition) is 3. The molecule has 0 atom stereocenters. The molecule has 0 aromatic rings. The molecule has 0 aliphatic heterocycles. The number of nitrogens with one attached hydrogen (secondary N) is 3. The summed E-state index contributed by atoms with van der Waals surface area (Å²) in [4.78, 5) is 6.53. The Morgan fingerprint density at radius 2 is 1.57 bits per heavy atom. The Morgan fingerprint density at radius 1 is 1.04 bits per heavy atom. The van der Waals surface area contributed by atoms with E-state index in [0.717, 1.165) is 13.1 Å². The van der Waals surface area contributed by atoms with E-state index in [1.165, 1.54) is 0 Å². The zero-order valence-corrected chi connectivity index (χ0v) is 18.4. The number of rotatable bonds is 10. The quantitative estimate of drug-likeness (QED) is 0.193. The Bertz CT molecular complexity index is 419. The van der Waals surface area contributed by atoms with Gasteiger partial charge in [-0.3, -0.25) is 9.89 Å². The Labute approximate surface area is 159 Å². The Kier molecular flexibility index (Phi) is 14.4. The summed E-state index contributed by atoms with van der Waals surface area (Å²) < 4.78 is 25.1. The molecule has 0 aromatic carbocycles. The van der Waals surface area contributed by atoms with Crippen molar-refractivity contribution in [1.82, 2.24) is 20.3 Å². The van der Waals surface area contributed by atoms with Crippen LogP contribution in [-0.4, -0.2) is 70.3 Å². The first-order valence-electron chi connectivity index (χ1n) is 7.91. The summed E-state index contributed by atoms with van der Waals surface area (Å²) in [6.45, 7) is 12.9. The van der Waals surface area contributed by atoms with E-state index in [2.05, 4.69) is 52.9 Å². The standard InChI is InChI=1S/C14H33N5O2S.HI/c1-7-22(20,21)18-9-8-16-14(15-6)17-10-11-19(12(2)3)13(4)5;/h12-13,18H,7-11H2,1-6H3,(H2,15,16,17);1H. The van der Waals surface area contributed by atoms with Gasteiger partial charge in [0.05, 0.1) is 5.75 Å². The van der Waals surface area contributed by atoms with Gasteiger partial charge in [-0.05, 0) is 34.6 Å². The minimum absolute atomic E-state index is 0. The molecule has 0 amide bonds. The third-order valence-corrected chi connectivity index (χ3v) is 4.74. The van der Waals surface area contributed by atoms with Crippen LogP contribution < -0.4 is 15.4 Å². The summed E-state index contributed by atoms with van der Waals surface area (Å²) in [6, 6.07) is 1.00. The van der Waals surface area contributed by atoms with E-state index in [1.54, 1.807) is 14.0 Å². The van der Waals surface area contributed by atoms with Gasteiger partial charge < -0.3 is 10.6 Å². The van der Waals surface area contributed by atoms with Gasteiger partial charge in [-0.1, -0.05) is 0 Å². The van der Waals surface area contributed by atoms with Crippen molar-refractivity contribution < 1.29 is 8.42 Å². The molecule has 0 unspecified atom stereocenters. The predicted molar refractivity (Wildman–Crippen MR) is 109 cm³/mol. The number of halogens is 1. The molecule has 0 heterocycles. The first-order chi connectivity index (χ1) is 10.2. The fraction of sp³-hybridized carbons (Fsp3) is 0.929. The number of sulfonamides is 1. The van der Waals surface area contributed by atoms with Gasteiger partial charge >= 0.3 is 0 Å². The lowest BCUT2D eigenvalue weighted by Gasteiger charge is -2.30. The van der Waals surface area contributed by atoms with Crippen LogP contribution in [-0.2, 0) is 10.0 Å². The highest BCUT2D eigenvalue weighted by Gasteiger charge is 2.12. The SMILES string of the molecule is CCS(=O)(=O)NCCNC(=NC)NCCN(C(C)C)C(C)C.I. The van der Waals surface area contributed by atoms with E-state index >= 15 is 0 Å². The van der Waals surface area contributed by atoms with Gasteiger partial charge in [-0.2, -0.15) is 0 Å². The van der Waals surface area contributed by atoms with Crippen molar-refractivity contribution in [1.29, 1.82) is 0 Å². The van der Waals surface area contributed by atoms with E-state index in [9.17, 15) is 8.42 Å². The monoisotopic (exact) mass is 463 g/mol. The van der Waals surface area contributed by atoms with Crippen LogP contribution in [0.1, 0.15) is 34.6 Å². The van der Waals surface area contributed by atoms with Gasteiger partial charge in [-0.25, -0.2) is 13.1 Å². The van der Waals surface area contributed by atoms with Crippen molar-refractivity contribution in [2.45, 2.75) is 46.7 Å². The van der Waals surface area contributed by atoms with Crippen molar-refractivity contribution >= 4 is 40.0 Å². The molecule has 0 bridgehead atoms. The molecule has 0 aliphatic carbocycles. The van der Waals surface area contributed by atoms with Gasteiger partial charge in [0.2, 0.25) is 10.0 Å². The molecule has 7 nitrogen and oxygen atoms in total. The maximum absolute atomic E-state index is 11.3. The van der Waals surface area contributed by atoms with Gasteiger partial charge in [0.25, 0.3) is 0 Å². The smallest absolute Gasteiger partial charge is 0.211 e. The fourth-order valence-electron chi connectivity index (χ4n) is 2.13. The van der Waals surface area contributed by atoms with E-state index in [-0.39, 0.29) is 29.7 Å². The van der Waals surface area contributed by atoms with Crippen molar-refractivity contribution in [3.63, 3.8) is 0 Å². The summed E-state index contributed by atoms with van der Waals surface area (Å²) in [7, 11) is -1.43. The normalized spacial score (nSPS) is 12.7. The number of guanidine groups is 1. The molecule has 0 aliphatic rings. The predicted octanol–water partition coefficient (Wildman–Crippen LogP) is 0.828. The van der Waals surface area contributed by atoms with Crippen LogP contribution in [0.25, 0.3) is 0 Å². The summed E-state index contributed by atoms with van der Waals surface area (Å²) in [5.41, 5.74) is 0. The lowest BCUT2D eigenvalue weighted by molar-refractivity contribution is 0.178. The lowest BCUT2D eigenvalue weighted by Crippen LogP contribution is -2.46. The zero-order valence-electron chi connectivity index (χ0n) is 15.2. The van der Waals surface area contributed by atoms with E-state index in [1.807, 2.05) is 0 Å².